The molecule has 1 aliphatic heterocycles. The zero-order valence-corrected chi connectivity index (χ0v) is 18.0. The summed E-state index contributed by atoms with van der Waals surface area (Å²) >= 11 is 0. The van der Waals surface area contributed by atoms with Gasteiger partial charge in [0, 0.05) is 54.1 Å². The van der Waals surface area contributed by atoms with E-state index in [1.54, 1.807) is 18.5 Å². The smallest absolute Gasteiger partial charge is 0.272 e. The highest BCUT2D eigenvalue weighted by molar-refractivity contribution is 6.17. The molecule has 0 spiro atoms. The number of aromatic nitrogens is 4. The van der Waals surface area contributed by atoms with E-state index in [0.29, 0.717) is 22.0 Å². The third-order valence-corrected chi connectivity index (χ3v) is 6.57. The van der Waals surface area contributed by atoms with E-state index in [1.807, 2.05) is 18.2 Å². The topological polar surface area (TPSA) is 107 Å². The number of nitrogens with one attached hydrogen (secondary N) is 2. The Balaban J connectivity index is 1.73. The molecule has 33 heavy (non-hydrogen) atoms. The summed E-state index contributed by atoms with van der Waals surface area (Å²) in [6.07, 6.45) is 3.32. The van der Waals surface area contributed by atoms with E-state index in [4.69, 9.17) is 5.73 Å². The van der Waals surface area contributed by atoms with Crippen LogP contribution in [0.5, 0.6) is 0 Å². The standard InChI is InChI=1S/C24H22FN7O/c1-31-7-9-32(10-8-31)18-11-15-19(13-4-5-17(25)22-16(13)12-28-30-22)20(26)24(33)29-21(15)14-3-2-6-27-23(14)18/h2-6,11-12H,7-10,26H2,1H3,(H,28,30)(H,29,33). The molecule has 1 saturated heterocycles. The van der Waals surface area contributed by atoms with Gasteiger partial charge in [0.1, 0.15) is 17.0 Å². The van der Waals surface area contributed by atoms with Crippen molar-refractivity contribution in [1.82, 2.24) is 25.1 Å². The molecule has 0 saturated carbocycles. The van der Waals surface area contributed by atoms with Gasteiger partial charge in [-0.25, -0.2) is 4.39 Å². The molecule has 166 valence electrons. The second-order valence-corrected chi connectivity index (χ2v) is 8.50. The molecular weight excluding hydrogens is 421 g/mol. The van der Waals surface area contributed by atoms with Gasteiger partial charge in [-0.05, 0) is 36.9 Å². The lowest BCUT2D eigenvalue weighted by Gasteiger charge is -2.34. The Hall–Kier alpha value is -3.98. The minimum Gasteiger partial charge on any atom is -0.394 e. The molecule has 8 nitrogen and oxygen atoms in total. The van der Waals surface area contributed by atoms with Crippen molar-refractivity contribution in [2.75, 3.05) is 43.9 Å². The summed E-state index contributed by atoms with van der Waals surface area (Å²) in [6, 6.07) is 8.88. The van der Waals surface area contributed by atoms with Gasteiger partial charge in [-0.15, -0.1) is 0 Å². The van der Waals surface area contributed by atoms with Crippen LogP contribution in [0.4, 0.5) is 15.8 Å². The van der Waals surface area contributed by atoms with Gasteiger partial charge in [-0.2, -0.15) is 5.10 Å². The summed E-state index contributed by atoms with van der Waals surface area (Å²) in [4.78, 5) is 25.1. The number of pyridine rings is 2. The number of aromatic amines is 2. The minimum atomic E-state index is -0.410. The lowest BCUT2D eigenvalue weighted by atomic mass is 9.94. The summed E-state index contributed by atoms with van der Waals surface area (Å²) in [5.74, 6) is -0.410. The van der Waals surface area contributed by atoms with E-state index in [2.05, 4.69) is 37.0 Å². The molecule has 2 aromatic carbocycles. The van der Waals surface area contributed by atoms with Gasteiger partial charge in [0.25, 0.3) is 5.56 Å². The average Bonchev–Trinajstić information content (AvgIpc) is 3.32. The molecule has 1 aliphatic rings. The maximum atomic E-state index is 14.4. The molecule has 1 fully saturated rings. The van der Waals surface area contributed by atoms with Crippen molar-refractivity contribution in [3.05, 3.63) is 58.9 Å². The quantitative estimate of drug-likeness (QED) is 0.362. The highest BCUT2D eigenvalue weighted by atomic mass is 19.1. The third kappa shape index (κ3) is 2.96. The van der Waals surface area contributed by atoms with Crippen LogP contribution < -0.4 is 16.2 Å². The van der Waals surface area contributed by atoms with E-state index in [9.17, 15) is 9.18 Å². The van der Waals surface area contributed by atoms with Crippen LogP contribution in [0.1, 0.15) is 0 Å². The second-order valence-electron chi connectivity index (χ2n) is 8.50. The summed E-state index contributed by atoms with van der Waals surface area (Å²) < 4.78 is 14.4. The SMILES string of the molecule is CN1CCN(c2cc3c(-c4ccc(F)c5[nH]ncc45)c(N)c(=O)[nH]c3c3cccnc23)CC1. The minimum absolute atomic E-state index is 0.0872. The Kier molecular flexibility index (Phi) is 4.34. The predicted octanol–water partition coefficient (Wildman–Crippen LogP) is 3.09. The van der Waals surface area contributed by atoms with Gasteiger partial charge in [-0.3, -0.25) is 14.9 Å². The molecule has 0 amide bonds. The molecule has 0 unspecified atom stereocenters. The largest absolute Gasteiger partial charge is 0.394 e. The zero-order chi connectivity index (χ0) is 22.7. The van der Waals surface area contributed by atoms with Crippen molar-refractivity contribution >= 4 is 44.1 Å². The van der Waals surface area contributed by atoms with E-state index in [0.717, 1.165) is 48.2 Å². The number of hydrogen-bond acceptors (Lipinski definition) is 6. The lowest BCUT2D eigenvalue weighted by molar-refractivity contribution is 0.313. The summed E-state index contributed by atoms with van der Waals surface area (Å²) in [7, 11) is 2.11. The number of benzene rings is 2. The summed E-state index contributed by atoms with van der Waals surface area (Å²) in [5, 5.41) is 8.91. The first-order valence-corrected chi connectivity index (χ1v) is 10.8. The predicted molar refractivity (Wildman–Crippen MR) is 129 cm³/mol. The fraction of sp³-hybridized carbons (Fsp3) is 0.208. The molecule has 4 N–H and O–H groups in total. The summed E-state index contributed by atoms with van der Waals surface area (Å²) in [6.45, 7) is 3.62. The number of nitrogens with zero attached hydrogens (tertiary/aromatic N) is 4. The van der Waals surface area contributed by atoms with Crippen LogP contribution in [0.2, 0.25) is 0 Å². The Morgan fingerprint density at radius 3 is 2.70 bits per heavy atom. The van der Waals surface area contributed by atoms with Gasteiger partial charge in [0.05, 0.1) is 22.9 Å². The Morgan fingerprint density at radius 1 is 1.06 bits per heavy atom. The van der Waals surface area contributed by atoms with Crippen molar-refractivity contribution in [1.29, 1.82) is 0 Å². The molecule has 0 aliphatic carbocycles. The number of hydrogen-bond donors (Lipinski definition) is 3. The molecule has 0 radical (unpaired) electrons. The second kappa shape index (κ2) is 7.28. The number of halogens is 1. The van der Waals surface area contributed by atoms with E-state index < -0.39 is 11.4 Å². The molecule has 3 aromatic heterocycles. The fourth-order valence-corrected chi connectivity index (χ4v) is 4.80. The fourth-order valence-electron chi connectivity index (χ4n) is 4.80. The summed E-state index contributed by atoms with van der Waals surface area (Å²) in [5.41, 5.74) is 10.0. The van der Waals surface area contributed by atoms with Crippen LogP contribution in [-0.4, -0.2) is 58.3 Å². The van der Waals surface area contributed by atoms with Crippen LogP contribution >= 0.6 is 0 Å². The molecule has 6 rings (SSSR count). The molecule has 5 aromatic rings. The van der Waals surface area contributed by atoms with E-state index in [1.165, 1.54) is 6.07 Å². The van der Waals surface area contributed by atoms with Gasteiger partial charge in [-0.1, -0.05) is 6.07 Å². The van der Waals surface area contributed by atoms with Crippen LogP contribution in [0, 0.1) is 5.82 Å². The number of rotatable bonds is 2. The number of likely N-dealkylation sites (N-methyl/N-ethyl adjacent to an activating group) is 1. The number of nitrogen functional groups attached to an aromatic ring is 1. The van der Waals surface area contributed by atoms with Crippen LogP contribution in [0.3, 0.4) is 0 Å². The maximum absolute atomic E-state index is 14.4. The van der Waals surface area contributed by atoms with Gasteiger partial charge < -0.3 is 20.5 Å². The highest BCUT2D eigenvalue weighted by Crippen LogP contribution is 2.40. The first kappa shape index (κ1) is 19.7. The maximum Gasteiger partial charge on any atom is 0.272 e. The lowest BCUT2D eigenvalue weighted by Crippen LogP contribution is -2.44. The van der Waals surface area contributed by atoms with Gasteiger partial charge >= 0.3 is 0 Å². The number of piperazine rings is 1. The Labute approximate surface area is 187 Å². The third-order valence-electron chi connectivity index (χ3n) is 6.57. The number of nitrogens with two attached hydrogens (primary N) is 1. The molecule has 0 atom stereocenters. The Bertz CT molecular complexity index is 1600. The van der Waals surface area contributed by atoms with Crippen LogP contribution in [0.25, 0.3) is 43.8 Å². The van der Waals surface area contributed by atoms with Crippen LogP contribution in [0.15, 0.2) is 47.5 Å². The van der Waals surface area contributed by atoms with Crippen molar-refractivity contribution in [2.24, 2.45) is 0 Å². The first-order valence-electron chi connectivity index (χ1n) is 10.8. The van der Waals surface area contributed by atoms with Crippen molar-refractivity contribution < 1.29 is 4.39 Å². The van der Waals surface area contributed by atoms with E-state index >= 15 is 0 Å². The van der Waals surface area contributed by atoms with Crippen molar-refractivity contribution in [2.45, 2.75) is 0 Å². The van der Waals surface area contributed by atoms with Gasteiger partial charge in [0.2, 0.25) is 0 Å². The Morgan fingerprint density at radius 2 is 1.88 bits per heavy atom. The monoisotopic (exact) mass is 443 g/mol. The number of fused-ring (bicyclic) bond motifs is 4. The highest BCUT2D eigenvalue weighted by Gasteiger charge is 2.23. The van der Waals surface area contributed by atoms with Crippen molar-refractivity contribution in [3.8, 4) is 11.1 Å². The normalized spacial score (nSPS) is 15.2. The zero-order valence-electron chi connectivity index (χ0n) is 18.0. The van der Waals surface area contributed by atoms with Crippen molar-refractivity contribution in [3.63, 3.8) is 0 Å². The van der Waals surface area contributed by atoms with Crippen LogP contribution in [-0.2, 0) is 0 Å². The average molecular weight is 443 g/mol. The molecular formula is C24H22FN7O. The molecule has 9 heteroatoms. The number of anilines is 2. The van der Waals surface area contributed by atoms with E-state index in [-0.39, 0.29) is 11.2 Å². The number of H-pyrrole nitrogens is 2. The molecule has 0 bridgehead atoms. The van der Waals surface area contributed by atoms with Gasteiger partial charge in [0.15, 0.2) is 0 Å². The first-order chi connectivity index (χ1) is 16.0. The molecule has 4 heterocycles.